The van der Waals surface area contributed by atoms with Gasteiger partial charge >= 0.3 is 0 Å². The van der Waals surface area contributed by atoms with Gasteiger partial charge in [-0.1, -0.05) is 0 Å². The lowest BCUT2D eigenvalue weighted by atomic mass is 10.1. The number of rotatable bonds is 4. The van der Waals surface area contributed by atoms with E-state index >= 15 is 0 Å². The van der Waals surface area contributed by atoms with Gasteiger partial charge in [-0.3, -0.25) is 5.01 Å². The molecule has 0 aliphatic heterocycles. The van der Waals surface area contributed by atoms with Crippen molar-refractivity contribution in [1.29, 1.82) is 0 Å². The molecule has 0 bridgehead atoms. The largest absolute Gasteiger partial charge is 0.497 e. The normalized spacial score (nSPS) is 12.0. The Balaban J connectivity index is 2.25. The standard InChI is InChI=1S/C20H27N5O/c1-13(2)24-17(14-7-9-15(26-6)10-8-14)11-16-18(24)22-12-23-19(16)25(21)20(3,4)5/h7-13H,21H2,1-6H3. The number of nitrogens with zero attached hydrogens (tertiary/aromatic N) is 4. The highest BCUT2D eigenvalue weighted by atomic mass is 16.5. The minimum atomic E-state index is -0.249. The molecule has 2 heterocycles. The van der Waals surface area contributed by atoms with Crippen LogP contribution in [0.25, 0.3) is 22.3 Å². The third-order valence-electron chi connectivity index (χ3n) is 4.46. The van der Waals surface area contributed by atoms with Crippen molar-refractivity contribution >= 4 is 16.9 Å². The van der Waals surface area contributed by atoms with Crippen molar-refractivity contribution in [3.05, 3.63) is 36.7 Å². The number of nitrogens with two attached hydrogens (primary N) is 1. The Morgan fingerprint density at radius 1 is 1.12 bits per heavy atom. The molecule has 3 rings (SSSR count). The molecule has 0 fully saturated rings. The monoisotopic (exact) mass is 353 g/mol. The lowest BCUT2D eigenvalue weighted by molar-refractivity contribution is 0.415. The second kappa shape index (κ2) is 6.61. The molecule has 0 unspecified atom stereocenters. The number of methoxy groups -OCH3 is 1. The van der Waals surface area contributed by atoms with E-state index in [1.807, 2.05) is 12.1 Å². The average Bonchev–Trinajstić information content (AvgIpc) is 3.00. The van der Waals surface area contributed by atoms with E-state index in [0.717, 1.165) is 33.9 Å². The number of anilines is 1. The maximum absolute atomic E-state index is 6.37. The smallest absolute Gasteiger partial charge is 0.156 e. The summed E-state index contributed by atoms with van der Waals surface area (Å²) in [5.41, 5.74) is 2.82. The highest BCUT2D eigenvalue weighted by Gasteiger charge is 2.24. The summed E-state index contributed by atoms with van der Waals surface area (Å²) in [7, 11) is 1.67. The van der Waals surface area contributed by atoms with E-state index in [-0.39, 0.29) is 11.6 Å². The van der Waals surface area contributed by atoms with Crippen LogP contribution in [0.4, 0.5) is 5.82 Å². The number of hydrazine groups is 1. The summed E-state index contributed by atoms with van der Waals surface area (Å²) < 4.78 is 7.50. The quantitative estimate of drug-likeness (QED) is 0.563. The number of hydrogen-bond donors (Lipinski definition) is 1. The second-order valence-electron chi connectivity index (χ2n) is 7.70. The maximum atomic E-state index is 6.37. The maximum Gasteiger partial charge on any atom is 0.156 e. The van der Waals surface area contributed by atoms with E-state index in [9.17, 15) is 0 Å². The Hall–Kier alpha value is -2.60. The Labute approximate surface area is 154 Å². The van der Waals surface area contributed by atoms with Crippen LogP contribution in [0, 0.1) is 0 Å². The Kier molecular flexibility index (Phi) is 4.63. The topological polar surface area (TPSA) is 69.2 Å². The average molecular weight is 353 g/mol. The summed E-state index contributed by atoms with van der Waals surface area (Å²) >= 11 is 0. The van der Waals surface area contributed by atoms with Crippen molar-refractivity contribution in [1.82, 2.24) is 14.5 Å². The highest BCUT2D eigenvalue weighted by Crippen LogP contribution is 2.35. The molecule has 0 atom stereocenters. The van der Waals surface area contributed by atoms with Crippen LogP contribution in [0.5, 0.6) is 5.75 Å². The first kappa shape index (κ1) is 18.2. The molecule has 0 saturated carbocycles. The molecule has 6 heteroatoms. The van der Waals surface area contributed by atoms with Crippen molar-refractivity contribution in [2.24, 2.45) is 5.84 Å². The van der Waals surface area contributed by atoms with Gasteiger partial charge in [0.25, 0.3) is 0 Å². The van der Waals surface area contributed by atoms with Gasteiger partial charge in [-0.25, -0.2) is 15.8 Å². The summed E-state index contributed by atoms with van der Waals surface area (Å²) in [5, 5.41) is 2.66. The molecule has 0 amide bonds. The molecule has 0 aliphatic rings. The van der Waals surface area contributed by atoms with Crippen LogP contribution < -0.4 is 15.6 Å². The predicted octanol–water partition coefficient (Wildman–Crippen LogP) is 4.17. The first-order chi connectivity index (χ1) is 12.2. The molecule has 0 spiro atoms. The Bertz CT molecular complexity index is 906. The van der Waals surface area contributed by atoms with Gasteiger partial charge in [0.05, 0.1) is 18.2 Å². The van der Waals surface area contributed by atoms with Crippen molar-refractivity contribution in [2.45, 2.75) is 46.2 Å². The molecule has 0 saturated heterocycles. The van der Waals surface area contributed by atoms with Crippen molar-refractivity contribution in [2.75, 3.05) is 12.1 Å². The first-order valence-electron chi connectivity index (χ1n) is 8.79. The van der Waals surface area contributed by atoms with Crippen molar-refractivity contribution in [3.8, 4) is 17.0 Å². The van der Waals surface area contributed by atoms with Gasteiger partial charge in [-0.15, -0.1) is 0 Å². The van der Waals surface area contributed by atoms with Crippen molar-refractivity contribution in [3.63, 3.8) is 0 Å². The predicted molar refractivity (Wildman–Crippen MR) is 106 cm³/mol. The zero-order valence-corrected chi connectivity index (χ0v) is 16.3. The first-order valence-corrected chi connectivity index (χ1v) is 8.79. The molecular weight excluding hydrogens is 326 g/mol. The molecule has 138 valence electrons. The lowest BCUT2D eigenvalue weighted by Gasteiger charge is -2.32. The fourth-order valence-corrected chi connectivity index (χ4v) is 3.04. The zero-order valence-electron chi connectivity index (χ0n) is 16.3. The molecule has 0 aliphatic carbocycles. The summed E-state index contributed by atoms with van der Waals surface area (Å²) in [4.78, 5) is 9.02. The lowest BCUT2D eigenvalue weighted by Crippen LogP contribution is -2.47. The second-order valence-corrected chi connectivity index (χ2v) is 7.70. The van der Waals surface area contributed by atoms with E-state index in [0.29, 0.717) is 0 Å². The highest BCUT2D eigenvalue weighted by molar-refractivity contribution is 5.93. The molecular formula is C20H27N5O. The molecule has 0 radical (unpaired) electrons. The SMILES string of the molecule is COc1ccc(-c2cc3c(N(N)C(C)(C)C)ncnc3n2C(C)C)cc1. The van der Waals surface area contributed by atoms with Crippen molar-refractivity contribution < 1.29 is 4.74 Å². The third-order valence-corrected chi connectivity index (χ3v) is 4.46. The Morgan fingerprint density at radius 2 is 1.77 bits per heavy atom. The molecule has 26 heavy (non-hydrogen) atoms. The number of hydrogen-bond acceptors (Lipinski definition) is 5. The minimum absolute atomic E-state index is 0.244. The van der Waals surface area contributed by atoms with E-state index in [4.69, 9.17) is 10.6 Å². The van der Waals surface area contributed by atoms with Gasteiger partial charge in [0.15, 0.2) is 5.82 Å². The van der Waals surface area contributed by atoms with Gasteiger partial charge in [0.1, 0.15) is 17.7 Å². The van der Waals surface area contributed by atoms with Crippen LogP contribution in [-0.2, 0) is 0 Å². The zero-order chi connectivity index (χ0) is 19.1. The van der Waals surface area contributed by atoms with E-state index in [2.05, 4.69) is 67.4 Å². The molecule has 3 aromatic rings. The fourth-order valence-electron chi connectivity index (χ4n) is 3.04. The molecule has 2 N–H and O–H groups in total. The minimum Gasteiger partial charge on any atom is -0.497 e. The fraction of sp³-hybridized carbons (Fsp3) is 0.400. The van der Waals surface area contributed by atoms with Gasteiger partial charge in [0.2, 0.25) is 0 Å². The van der Waals surface area contributed by atoms with Gasteiger partial charge in [-0.05, 0) is 70.5 Å². The third kappa shape index (κ3) is 3.12. The molecule has 1 aromatic carbocycles. The summed E-state index contributed by atoms with van der Waals surface area (Å²) in [6.45, 7) is 10.5. The number of benzene rings is 1. The number of ether oxygens (including phenoxy) is 1. The molecule has 2 aromatic heterocycles. The summed E-state index contributed by atoms with van der Waals surface area (Å²) in [6.07, 6.45) is 1.58. The summed E-state index contributed by atoms with van der Waals surface area (Å²) in [5.74, 6) is 7.94. The van der Waals surface area contributed by atoms with Crippen LogP contribution in [-0.4, -0.2) is 27.2 Å². The van der Waals surface area contributed by atoms with Gasteiger partial charge in [0, 0.05) is 11.6 Å². The van der Waals surface area contributed by atoms with Crippen LogP contribution in [0.2, 0.25) is 0 Å². The van der Waals surface area contributed by atoms with Crippen LogP contribution in [0.3, 0.4) is 0 Å². The molecule has 6 nitrogen and oxygen atoms in total. The number of fused-ring (bicyclic) bond motifs is 1. The van der Waals surface area contributed by atoms with Crippen LogP contribution in [0.1, 0.15) is 40.7 Å². The van der Waals surface area contributed by atoms with Crippen LogP contribution >= 0.6 is 0 Å². The van der Waals surface area contributed by atoms with Crippen LogP contribution in [0.15, 0.2) is 36.7 Å². The number of aromatic nitrogens is 3. The Morgan fingerprint density at radius 3 is 2.31 bits per heavy atom. The summed E-state index contributed by atoms with van der Waals surface area (Å²) in [6, 6.07) is 10.4. The van der Waals surface area contributed by atoms with Gasteiger partial charge < -0.3 is 9.30 Å². The van der Waals surface area contributed by atoms with E-state index in [1.54, 1.807) is 18.4 Å². The van der Waals surface area contributed by atoms with Gasteiger partial charge in [-0.2, -0.15) is 0 Å². The van der Waals surface area contributed by atoms with E-state index < -0.39 is 0 Å². The van der Waals surface area contributed by atoms with E-state index in [1.165, 1.54) is 0 Å².